The summed E-state index contributed by atoms with van der Waals surface area (Å²) in [6.45, 7) is 4.76. The van der Waals surface area contributed by atoms with Crippen LogP contribution in [0, 0.1) is 0 Å². The lowest BCUT2D eigenvalue weighted by Gasteiger charge is -2.33. The number of carbonyl (C=O) groups is 2. The minimum atomic E-state index is -0.580. The van der Waals surface area contributed by atoms with E-state index in [4.69, 9.17) is 0 Å². The highest BCUT2D eigenvalue weighted by Crippen LogP contribution is 2.22. The van der Waals surface area contributed by atoms with Crippen LogP contribution in [0.25, 0.3) is 0 Å². The highest BCUT2D eigenvalue weighted by molar-refractivity contribution is 9.10. The van der Waals surface area contributed by atoms with Gasteiger partial charge in [-0.15, -0.1) is 0 Å². The third-order valence-electron chi connectivity index (χ3n) is 7.74. The van der Waals surface area contributed by atoms with E-state index in [1.165, 1.54) is 12.0 Å². The van der Waals surface area contributed by atoms with E-state index < -0.39 is 6.04 Å². The van der Waals surface area contributed by atoms with Crippen LogP contribution in [0.3, 0.4) is 0 Å². The molecule has 1 N–H and O–H groups in total. The van der Waals surface area contributed by atoms with E-state index in [0.717, 1.165) is 46.8 Å². The molecule has 0 unspecified atom stereocenters. The van der Waals surface area contributed by atoms with Crippen molar-refractivity contribution in [2.45, 2.75) is 89.8 Å². The molecule has 1 aliphatic carbocycles. The second kappa shape index (κ2) is 14.5. The molecule has 0 saturated heterocycles. The first-order valence-electron chi connectivity index (χ1n) is 14.4. The fourth-order valence-corrected chi connectivity index (χ4v) is 5.84. The monoisotopic (exact) mass is 588 g/mol. The minimum Gasteiger partial charge on any atom is -0.352 e. The van der Waals surface area contributed by atoms with Gasteiger partial charge in [0.2, 0.25) is 11.8 Å². The maximum atomic E-state index is 13.9. The van der Waals surface area contributed by atoms with Crippen LogP contribution >= 0.6 is 15.9 Å². The largest absolute Gasteiger partial charge is 0.352 e. The highest BCUT2D eigenvalue weighted by Gasteiger charge is 2.31. The molecule has 4 rings (SSSR count). The smallest absolute Gasteiger partial charge is 0.243 e. The first-order valence-corrected chi connectivity index (χ1v) is 15.2. The number of halogens is 1. The lowest BCUT2D eigenvalue weighted by molar-refractivity contribution is -0.141. The number of hydrogen-bond donors (Lipinski definition) is 1. The summed E-state index contributed by atoms with van der Waals surface area (Å²) in [6.07, 6.45) is 7.03. The second-order valence-corrected chi connectivity index (χ2v) is 12.0. The van der Waals surface area contributed by atoms with Crippen LogP contribution in [-0.2, 0) is 29.0 Å². The third kappa shape index (κ3) is 8.79. The van der Waals surface area contributed by atoms with Crippen LogP contribution in [0.4, 0.5) is 0 Å². The number of carbonyl (C=O) groups excluding carboxylic acids is 2. The maximum absolute atomic E-state index is 13.9. The van der Waals surface area contributed by atoms with Crippen LogP contribution < -0.4 is 5.32 Å². The van der Waals surface area contributed by atoms with Crippen molar-refractivity contribution < 1.29 is 9.59 Å². The number of nitrogens with zero attached hydrogens (tertiary/aromatic N) is 1. The van der Waals surface area contributed by atoms with Gasteiger partial charge in [0, 0.05) is 29.9 Å². The van der Waals surface area contributed by atoms with Crippen molar-refractivity contribution in [1.29, 1.82) is 0 Å². The zero-order valence-electron chi connectivity index (χ0n) is 23.2. The van der Waals surface area contributed by atoms with E-state index in [9.17, 15) is 9.59 Å². The van der Waals surface area contributed by atoms with E-state index in [0.29, 0.717) is 31.7 Å². The average Bonchev–Trinajstić information content (AvgIpc) is 2.95. The number of nitrogens with one attached hydrogen (secondary N) is 1. The van der Waals surface area contributed by atoms with Gasteiger partial charge in [-0.3, -0.25) is 9.59 Å². The highest BCUT2D eigenvalue weighted by atomic mass is 79.9. The summed E-state index contributed by atoms with van der Waals surface area (Å²) in [6, 6.07) is 26.2. The molecule has 3 aromatic carbocycles. The third-order valence-corrected chi connectivity index (χ3v) is 8.23. The molecule has 2 amide bonds. The molecule has 3 aromatic rings. The van der Waals surface area contributed by atoms with Gasteiger partial charge in [0.05, 0.1) is 0 Å². The van der Waals surface area contributed by atoms with E-state index in [-0.39, 0.29) is 17.9 Å². The van der Waals surface area contributed by atoms with Crippen molar-refractivity contribution in [2.24, 2.45) is 0 Å². The standard InChI is InChI=1S/C34H41BrN2O2/c1-25(2)29-19-16-26(17-20-29)18-21-33(38)37(24-28-12-9-13-30(35)22-28)32(23-27-10-5-3-6-11-27)34(39)36-31-14-7-4-8-15-31/h3,5-6,9-13,16-17,19-20,22,25,31-32H,4,7-8,14-15,18,21,23-24H2,1-2H3,(H,36,39)/t32-/m1/s1. The molecule has 39 heavy (non-hydrogen) atoms. The Hall–Kier alpha value is -2.92. The summed E-state index contributed by atoms with van der Waals surface area (Å²) in [5, 5.41) is 3.32. The maximum Gasteiger partial charge on any atom is 0.243 e. The van der Waals surface area contributed by atoms with Crippen LogP contribution in [0.5, 0.6) is 0 Å². The van der Waals surface area contributed by atoms with Crippen molar-refractivity contribution in [1.82, 2.24) is 10.2 Å². The fourth-order valence-electron chi connectivity index (χ4n) is 5.39. The fraction of sp³-hybridized carbons (Fsp3) is 0.412. The number of benzene rings is 3. The molecule has 1 saturated carbocycles. The Bertz CT molecular complexity index is 1200. The Morgan fingerprint density at radius 1 is 0.872 bits per heavy atom. The number of amides is 2. The molecule has 4 nitrogen and oxygen atoms in total. The van der Waals surface area contributed by atoms with Crippen molar-refractivity contribution in [2.75, 3.05) is 0 Å². The first-order chi connectivity index (χ1) is 18.9. The first kappa shape index (κ1) is 29.1. The average molecular weight is 590 g/mol. The van der Waals surface area contributed by atoms with E-state index in [2.05, 4.69) is 59.4 Å². The van der Waals surface area contributed by atoms with E-state index >= 15 is 0 Å². The number of rotatable bonds is 11. The van der Waals surface area contributed by atoms with Crippen molar-refractivity contribution >= 4 is 27.7 Å². The predicted molar refractivity (Wildman–Crippen MR) is 162 cm³/mol. The summed E-state index contributed by atoms with van der Waals surface area (Å²) in [5.74, 6) is 0.431. The summed E-state index contributed by atoms with van der Waals surface area (Å²) in [5.41, 5.74) is 4.49. The normalized spacial score (nSPS) is 14.7. The van der Waals surface area contributed by atoms with E-state index in [1.807, 2.05) is 59.5 Å². The summed E-state index contributed by atoms with van der Waals surface area (Å²) in [4.78, 5) is 29.6. The lowest BCUT2D eigenvalue weighted by Crippen LogP contribution is -2.52. The van der Waals surface area contributed by atoms with Crippen LogP contribution in [-0.4, -0.2) is 28.8 Å². The molecule has 0 aliphatic heterocycles. The van der Waals surface area contributed by atoms with Gasteiger partial charge in [-0.05, 0) is 59.6 Å². The molecule has 0 aromatic heterocycles. The van der Waals surface area contributed by atoms with E-state index in [1.54, 1.807) is 0 Å². The molecule has 0 spiro atoms. The van der Waals surface area contributed by atoms with Gasteiger partial charge in [-0.25, -0.2) is 0 Å². The van der Waals surface area contributed by atoms with Gasteiger partial charge < -0.3 is 10.2 Å². The number of aryl methyl sites for hydroxylation is 1. The van der Waals surface area contributed by atoms with Crippen LogP contribution in [0.1, 0.15) is 80.5 Å². The minimum absolute atomic E-state index is 0.00244. The second-order valence-electron chi connectivity index (χ2n) is 11.1. The van der Waals surface area contributed by atoms with Gasteiger partial charge in [-0.2, -0.15) is 0 Å². The van der Waals surface area contributed by atoms with Gasteiger partial charge in [0.15, 0.2) is 0 Å². The molecular formula is C34H41BrN2O2. The molecule has 1 aliphatic rings. The quantitative estimate of drug-likeness (QED) is 0.251. The Labute approximate surface area is 242 Å². The summed E-state index contributed by atoms with van der Waals surface area (Å²) in [7, 11) is 0. The van der Waals surface area contributed by atoms with Gasteiger partial charge in [0.25, 0.3) is 0 Å². The topological polar surface area (TPSA) is 49.4 Å². The van der Waals surface area contributed by atoms with Gasteiger partial charge >= 0.3 is 0 Å². The molecule has 1 atom stereocenters. The van der Waals surface area contributed by atoms with Crippen LogP contribution in [0.15, 0.2) is 83.3 Å². The van der Waals surface area contributed by atoms with Crippen molar-refractivity contribution in [3.05, 3.63) is 106 Å². The Kier molecular flexibility index (Phi) is 10.8. The molecule has 5 heteroatoms. The molecule has 0 bridgehead atoms. The lowest BCUT2D eigenvalue weighted by atomic mass is 9.94. The van der Waals surface area contributed by atoms with Gasteiger partial charge in [0.1, 0.15) is 6.04 Å². The molecule has 0 heterocycles. The predicted octanol–water partition coefficient (Wildman–Crippen LogP) is 7.59. The Morgan fingerprint density at radius 2 is 1.56 bits per heavy atom. The Balaban J connectivity index is 1.59. The van der Waals surface area contributed by atoms with Gasteiger partial charge in [-0.1, -0.05) is 116 Å². The Morgan fingerprint density at radius 3 is 2.23 bits per heavy atom. The van der Waals surface area contributed by atoms with Crippen molar-refractivity contribution in [3.63, 3.8) is 0 Å². The molecule has 206 valence electrons. The van der Waals surface area contributed by atoms with Crippen molar-refractivity contribution in [3.8, 4) is 0 Å². The molecule has 0 radical (unpaired) electrons. The zero-order chi connectivity index (χ0) is 27.6. The summed E-state index contributed by atoms with van der Waals surface area (Å²) < 4.78 is 0.962. The zero-order valence-corrected chi connectivity index (χ0v) is 24.8. The number of hydrogen-bond acceptors (Lipinski definition) is 2. The summed E-state index contributed by atoms with van der Waals surface area (Å²) >= 11 is 3.57. The SMILES string of the molecule is CC(C)c1ccc(CCC(=O)N(Cc2cccc(Br)c2)[C@H](Cc2ccccc2)C(=O)NC2CCCCC2)cc1. The van der Waals surface area contributed by atoms with Crippen LogP contribution in [0.2, 0.25) is 0 Å². The molecular weight excluding hydrogens is 548 g/mol. The molecule has 1 fully saturated rings.